The first-order valence-corrected chi connectivity index (χ1v) is 9.75. The van der Waals surface area contributed by atoms with Crippen LogP contribution in [0.1, 0.15) is 28.5 Å². The van der Waals surface area contributed by atoms with Gasteiger partial charge < -0.3 is 5.11 Å². The number of rotatable bonds is 5. The molecule has 0 aliphatic carbocycles. The van der Waals surface area contributed by atoms with Gasteiger partial charge in [0.1, 0.15) is 5.75 Å². The Labute approximate surface area is 143 Å². The van der Waals surface area contributed by atoms with Crippen LogP contribution in [-0.2, 0) is 15.6 Å². The molecule has 0 spiro atoms. The molecule has 0 atom stereocenters. The summed E-state index contributed by atoms with van der Waals surface area (Å²) in [7, 11) is -3.17. The number of carbonyl (C=O) groups excluding carboxylic acids is 1. The summed E-state index contributed by atoms with van der Waals surface area (Å²) in [6, 6.07) is 2.77. The van der Waals surface area contributed by atoms with Gasteiger partial charge in [-0.15, -0.1) is 11.3 Å². The largest absolute Gasteiger partial charge is 0.506 e. The second kappa shape index (κ2) is 6.86. The van der Waals surface area contributed by atoms with Crippen molar-refractivity contribution in [2.45, 2.75) is 19.6 Å². The van der Waals surface area contributed by atoms with Gasteiger partial charge in [0.2, 0.25) is 0 Å². The lowest BCUT2D eigenvalue weighted by Gasteiger charge is -2.07. The number of amides is 1. The molecular formula is C14H15ClN2O4S2. The normalized spacial score (nSPS) is 11.4. The number of benzene rings is 1. The molecule has 9 heteroatoms. The molecule has 0 radical (unpaired) electrons. The maximum atomic E-state index is 12.2. The number of aryl methyl sites for hydroxylation is 1. The van der Waals surface area contributed by atoms with E-state index in [1.54, 1.807) is 19.2 Å². The summed E-state index contributed by atoms with van der Waals surface area (Å²) in [5.41, 5.74) is 1.27. The van der Waals surface area contributed by atoms with Crippen molar-refractivity contribution >= 4 is 43.8 Å². The summed E-state index contributed by atoms with van der Waals surface area (Å²) in [4.78, 5) is 16.3. The quantitative estimate of drug-likeness (QED) is 0.838. The van der Waals surface area contributed by atoms with E-state index in [2.05, 4.69) is 10.3 Å². The van der Waals surface area contributed by atoms with E-state index in [9.17, 15) is 18.3 Å². The Morgan fingerprint density at radius 3 is 2.78 bits per heavy atom. The molecule has 0 saturated carbocycles. The van der Waals surface area contributed by atoms with E-state index in [1.807, 2.05) is 0 Å². The van der Waals surface area contributed by atoms with Crippen molar-refractivity contribution in [2.24, 2.45) is 0 Å². The number of hydrogen-bond acceptors (Lipinski definition) is 6. The van der Waals surface area contributed by atoms with Crippen LogP contribution in [0.25, 0.3) is 0 Å². The Hall–Kier alpha value is -1.64. The first kappa shape index (κ1) is 17.7. The fourth-order valence-electron chi connectivity index (χ4n) is 1.83. The summed E-state index contributed by atoms with van der Waals surface area (Å²) in [6.07, 6.45) is 0. The molecule has 1 amide bonds. The van der Waals surface area contributed by atoms with Crippen LogP contribution in [-0.4, -0.2) is 30.2 Å². The molecule has 0 saturated heterocycles. The zero-order valence-electron chi connectivity index (χ0n) is 12.5. The summed E-state index contributed by atoms with van der Waals surface area (Å²) < 4.78 is 23.1. The smallest absolute Gasteiger partial charge is 0.257 e. The van der Waals surface area contributed by atoms with Gasteiger partial charge in [0.05, 0.1) is 16.5 Å². The van der Waals surface area contributed by atoms with Gasteiger partial charge >= 0.3 is 0 Å². The van der Waals surface area contributed by atoms with Gasteiger partial charge in [-0.1, -0.05) is 18.5 Å². The number of phenolic OH excluding ortho intramolecular Hbond substituents is 1. The second-order valence-electron chi connectivity index (χ2n) is 4.89. The number of nitrogens with zero attached hydrogens (tertiary/aromatic N) is 1. The molecule has 0 aliphatic heterocycles. The Morgan fingerprint density at radius 2 is 2.13 bits per heavy atom. The number of nitrogens with one attached hydrogen (secondary N) is 1. The van der Waals surface area contributed by atoms with Gasteiger partial charge in [0, 0.05) is 16.7 Å². The van der Waals surface area contributed by atoms with E-state index in [1.165, 1.54) is 12.1 Å². The molecule has 6 nitrogen and oxygen atoms in total. The molecule has 0 unspecified atom stereocenters. The van der Waals surface area contributed by atoms with Crippen LogP contribution in [0.2, 0.25) is 5.02 Å². The molecule has 1 aromatic carbocycles. The summed E-state index contributed by atoms with van der Waals surface area (Å²) in [6.45, 7) is 3.24. The fraction of sp³-hybridized carbons (Fsp3) is 0.286. The van der Waals surface area contributed by atoms with E-state index < -0.39 is 15.7 Å². The highest BCUT2D eigenvalue weighted by atomic mass is 35.5. The van der Waals surface area contributed by atoms with E-state index >= 15 is 0 Å². The van der Waals surface area contributed by atoms with Crippen LogP contribution in [0.15, 0.2) is 17.5 Å². The van der Waals surface area contributed by atoms with Crippen LogP contribution >= 0.6 is 22.9 Å². The zero-order chi connectivity index (χ0) is 17.2. The second-order valence-corrected chi connectivity index (χ2v) is 8.51. The van der Waals surface area contributed by atoms with Crippen LogP contribution in [0, 0.1) is 6.92 Å². The van der Waals surface area contributed by atoms with Crippen LogP contribution in [0.4, 0.5) is 5.13 Å². The third-order valence-corrected chi connectivity index (χ3v) is 5.84. The monoisotopic (exact) mass is 374 g/mol. The number of aromatic nitrogens is 1. The number of hydrogen-bond donors (Lipinski definition) is 2. The average molecular weight is 375 g/mol. The predicted molar refractivity (Wildman–Crippen MR) is 91.1 cm³/mol. The van der Waals surface area contributed by atoms with Crippen molar-refractivity contribution in [1.29, 1.82) is 0 Å². The minimum Gasteiger partial charge on any atom is -0.506 e. The number of carbonyl (C=O) groups is 1. The molecule has 2 aromatic rings. The molecular weight excluding hydrogens is 360 g/mol. The summed E-state index contributed by atoms with van der Waals surface area (Å²) in [5.74, 6) is -0.636. The molecule has 0 fully saturated rings. The highest BCUT2D eigenvalue weighted by Crippen LogP contribution is 2.27. The van der Waals surface area contributed by atoms with E-state index in [0.29, 0.717) is 22.0 Å². The van der Waals surface area contributed by atoms with Crippen molar-refractivity contribution in [3.05, 3.63) is 39.4 Å². The van der Waals surface area contributed by atoms with Crippen LogP contribution < -0.4 is 5.32 Å². The first-order valence-electron chi connectivity index (χ1n) is 6.67. The molecule has 2 rings (SSSR count). The van der Waals surface area contributed by atoms with Gasteiger partial charge in [-0.2, -0.15) is 0 Å². The third-order valence-electron chi connectivity index (χ3n) is 3.12. The minimum atomic E-state index is -3.17. The summed E-state index contributed by atoms with van der Waals surface area (Å²) >= 11 is 6.96. The lowest BCUT2D eigenvalue weighted by Crippen LogP contribution is -2.13. The number of halogens is 1. The predicted octanol–water partition coefficient (Wildman–Crippen LogP) is 3.00. The van der Waals surface area contributed by atoms with Crippen LogP contribution in [0.3, 0.4) is 0 Å². The SMILES string of the molecule is CCS(=O)(=O)Cc1csc(NC(=O)c2cc(Cl)c(O)cc2C)n1. The Bertz CT molecular complexity index is 846. The van der Waals surface area contributed by atoms with E-state index in [0.717, 1.165) is 11.3 Å². The third kappa shape index (κ3) is 4.43. The highest BCUT2D eigenvalue weighted by molar-refractivity contribution is 7.90. The Balaban J connectivity index is 2.16. The van der Waals surface area contributed by atoms with Crippen molar-refractivity contribution in [3.8, 4) is 5.75 Å². The number of aromatic hydroxyl groups is 1. The molecule has 0 bridgehead atoms. The number of anilines is 1. The average Bonchev–Trinajstić information content (AvgIpc) is 2.89. The van der Waals surface area contributed by atoms with Gasteiger partial charge in [-0.25, -0.2) is 13.4 Å². The van der Waals surface area contributed by atoms with Crippen molar-refractivity contribution < 1.29 is 18.3 Å². The van der Waals surface area contributed by atoms with Gasteiger partial charge in [0.15, 0.2) is 15.0 Å². The maximum Gasteiger partial charge on any atom is 0.257 e. The zero-order valence-corrected chi connectivity index (χ0v) is 14.8. The van der Waals surface area contributed by atoms with Gasteiger partial charge in [-0.05, 0) is 24.6 Å². The number of thiazole rings is 1. The molecule has 2 N–H and O–H groups in total. The van der Waals surface area contributed by atoms with Crippen molar-refractivity contribution in [2.75, 3.05) is 11.1 Å². The molecule has 0 aliphatic rings. The fourth-order valence-corrected chi connectivity index (χ4v) is 3.61. The first-order chi connectivity index (χ1) is 10.7. The number of phenols is 1. The molecule has 1 heterocycles. The van der Waals surface area contributed by atoms with Crippen LogP contribution in [0.5, 0.6) is 5.75 Å². The Kier molecular flexibility index (Phi) is 5.28. The van der Waals surface area contributed by atoms with E-state index in [-0.39, 0.29) is 22.3 Å². The molecule has 23 heavy (non-hydrogen) atoms. The number of sulfone groups is 1. The standard InChI is InChI=1S/C14H15ClN2O4S2/c1-3-23(20,21)7-9-6-22-14(16-9)17-13(19)10-5-11(15)12(18)4-8(10)2/h4-6,18H,3,7H2,1-2H3,(H,16,17,19). The van der Waals surface area contributed by atoms with Gasteiger partial charge in [-0.3, -0.25) is 10.1 Å². The van der Waals surface area contributed by atoms with Crippen molar-refractivity contribution in [1.82, 2.24) is 4.98 Å². The topological polar surface area (TPSA) is 96.4 Å². The Morgan fingerprint density at radius 1 is 1.43 bits per heavy atom. The molecule has 1 aromatic heterocycles. The molecule has 124 valence electrons. The van der Waals surface area contributed by atoms with Gasteiger partial charge in [0.25, 0.3) is 5.91 Å². The van der Waals surface area contributed by atoms with E-state index in [4.69, 9.17) is 11.6 Å². The lowest BCUT2D eigenvalue weighted by molar-refractivity contribution is 0.102. The minimum absolute atomic E-state index is 0.0391. The maximum absolute atomic E-state index is 12.2. The lowest BCUT2D eigenvalue weighted by atomic mass is 10.1. The van der Waals surface area contributed by atoms with Crippen molar-refractivity contribution in [3.63, 3.8) is 0 Å². The summed E-state index contributed by atoms with van der Waals surface area (Å²) in [5, 5.41) is 14.1. The highest BCUT2D eigenvalue weighted by Gasteiger charge is 2.16.